The Morgan fingerprint density at radius 2 is 1.69 bits per heavy atom. The molecule has 0 heterocycles. The second kappa shape index (κ2) is 8.73. The number of fused-ring (bicyclic) bond motifs is 3. The van der Waals surface area contributed by atoms with Gasteiger partial charge in [-0.1, -0.05) is 12.1 Å². The van der Waals surface area contributed by atoms with E-state index >= 15 is 0 Å². The number of guanidine groups is 1. The number of rotatable bonds is 8. The van der Waals surface area contributed by atoms with Crippen molar-refractivity contribution in [1.82, 2.24) is 5.32 Å². The normalized spacial score (nSPS) is 26.6. The molecule has 1 amide bonds. The van der Waals surface area contributed by atoms with E-state index < -0.39 is 18.7 Å². The summed E-state index contributed by atoms with van der Waals surface area (Å²) >= 11 is 0. The highest BCUT2D eigenvalue weighted by molar-refractivity contribution is 6.43. The van der Waals surface area contributed by atoms with Crippen LogP contribution in [0.25, 0.3) is 0 Å². The monoisotopic (exact) mass is 402 g/mol. The molecule has 8 N–H and O–H groups in total. The van der Waals surface area contributed by atoms with Gasteiger partial charge in [-0.25, -0.2) is 0 Å². The average molecular weight is 402 g/mol. The van der Waals surface area contributed by atoms with Crippen LogP contribution in [-0.2, 0) is 5.41 Å². The van der Waals surface area contributed by atoms with Gasteiger partial charge in [0.15, 0.2) is 5.96 Å². The van der Waals surface area contributed by atoms with Crippen LogP contribution in [0.1, 0.15) is 67.3 Å². The van der Waals surface area contributed by atoms with Gasteiger partial charge in [-0.05, 0) is 74.5 Å². The van der Waals surface area contributed by atoms with Crippen molar-refractivity contribution < 1.29 is 19.9 Å². The lowest BCUT2D eigenvalue weighted by atomic mass is 9.56. The van der Waals surface area contributed by atoms with E-state index in [1.54, 1.807) is 12.1 Å². The Labute approximate surface area is 171 Å². The van der Waals surface area contributed by atoms with Crippen LogP contribution in [0, 0.1) is 0 Å². The molecule has 1 atom stereocenters. The van der Waals surface area contributed by atoms with Crippen molar-refractivity contribution in [3.63, 3.8) is 0 Å². The molecule has 3 fully saturated rings. The van der Waals surface area contributed by atoms with E-state index in [0.29, 0.717) is 24.9 Å². The Balaban J connectivity index is 1.60. The third-order valence-corrected chi connectivity index (χ3v) is 6.61. The lowest BCUT2D eigenvalue weighted by molar-refractivity contribution is -0.0660. The molecule has 3 saturated carbocycles. The summed E-state index contributed by atoms with van der Waals surface area (Å²) in [5.41, 5.74) is 11.9. The fraction of sp³-hybridized carbons (Fsp3) is 0.600. The third-order valence-electron chi connectivity index (χ3n) is 6.61. The number of benzene rings is 1. The predicted octanol–water partition coefficient (Wildman–Crippen LogP) is 0.187. The second-order valence-electron chi connectivity index (χ2n) is 8.52. The third kappa shape index (κ3) is 5.09. The molecule has 0 spiro atoms. The maximum atomic E-state index is 12.6. The standard InChI is InChI=1S/C20H31BN4O4/c22-18(23)24-13-1-2-16(21(28)29)25-17(26)14-3-5-15(6-4-14)19-7-10-20(27,11-8-19)12-9-19/h3-6,16,27-29H,1-2,7-13H2,(H,25,26)(H4,22,23,24). The molecular weight excluding hydrogens is 371 g/mol. The molecule has 1 unspecified atom stereocenters. The molecule has 158 valence electrons. The van der Waals surface area contributed by atoms with Gasteiger partial charge in [0.2, 0.25) is 0 Å². The fourth-order valence-electron chi connectivity index (χ4n) is 4.64. The number of hydrogen-bond acceptors (Lipinski definition) is 5. The minimum atomic E-state index is -1.67. The van der Waals surface area contributed by atoms with E-state index in [1.807, 2.05) is 12.1 Å². The van der Waals surface area contributed by atoms with Crippen LogP contribution >= 0.6 is 0 Å². The second-order valence-corrected chi connectivity index (χ2v) is 8.52. The Hall–Kier alpha value is -2.10. The first kappa shape index (κ1) is 21.6. The van der Waals surface area contributed by atoms with E-state index in [2.05, 4.69) is 10.3 Å². The fourth-order valence-corrected chi connectivity index (χ4v) is 4.64. The Morgan fingerprint density at radius 1 is 1.10 bits per heavy atom. The van der Waals surface area contributed by atoms with Crippen LogP contribution < -0.4 is 16.8 Å². The van der Waals surface area contributed by atoms with Crippen molar-refractivity contribution in [2.45, 2.75) is 68.3 Å². The predicted molar refractivity (Wildman–Crippen MR) is 112 cm³/mol. The molecule has 0 radical (unpaired) electrons. The van der Waals surface area contributed by atoms with Crippen LogP contribution in [0.5, 0.6) is 0 Å². The highest BCUT2D eigenvalue weighted by Crippen LogP contribution is 2.53. The molecule has 0 aliphatic heterocycles. The molecule has 8 nitrogen and oxygen atoms in total. The Morgan fingerprint density at radius 3 is 2.21 bits per heavy atom. The number of aliphatic hydroxyl groups is 1. The van der Waals surface area contributed by atoms with Crippen LogP contribution in [-0.4, -0.2) is 52.2 Å². The number of carbonyl (C=O) groups is 1. The average Bonchev–Trinajstić information content (AvgIpc) is 2.70. The summed E-state index contributed by atoms with van der Waals surface area (Å²) in [7, 11) is -1.67. The first-order chi connectivity index (χ1) is 13.7. The number of amides is 1. The SMILES string of the molecule is NC(N)=NCCCC(NC(=O)c1ccc(C23CCC(O)(CC2)CC3)cc1)B(O)O. The van der Waals surface area contributed by atoms with Crippen molar-refractivity contribution in [2.24, 2.45) is 16.5 Å². The highest BCUT2D eigenvalue weighted by atomic mass is 16.4. The molecule has 9 heteroatoms. The maximum absolute atomic E-state index is 12.6. The number of hydrogen-bond donors (Lipinski definition) is 6. The summed E-state index contributed by atoms with van der Waals surface area (Å²) in [6, 6.07) is 7.56. The van der Waals surface area contributed by atoms with Gasteiger partial charge in [0.05, 0.1) is 11.5 Å². The number of carbonyl (C=O) groups excluding carboxylic acids is 1. The number of nitrogens with one attached hydrogen (secondary N) is 1. The van der Waals surface area contributed by atoms with E-state index in [-0.39, 0.29) is 17.3 Å². The van der Waals surface area contributed by atoms with Gasteiger partial charge in [-0.3, -0.25) is 9.79 Å². The van der Waals surface area contributed by atoms with E-state index in [0.717, 1.165) is 38.5 Å². The zero-order valence-electron chi connectivity index (χ0n) is 16.7. The molecule has 0 aromatic heterocycles. The minimum absolute atomic E-state index is 0.0182. The lowest BCUT2D eigenvalue weighted by Gasteiger charge is -2.51. The van der Waals surface area contributed by atoms with Crippen LogP contribution in [0.4, 0.5) is 0 Å². The van der Waals surface area contributed by atoms with Gasteiger partial charge in [0.25, 0.3) is 5.91 Å². The summed E-state index contributed by atoms with van der Waals surface area (Å²) in [6.45, 7) is 0.354. The van der Waals surface area contributed by atoms with Crippen LogP contribution in [0.2, 0.25) is 0 Å². The topological polar surface area (TPSA) is 154 Å². The Bertz CT molecular complexity index is 725. The molecule has 4 rings (SSSR count). The van der Waals surface area contributed by atoms with Gasteiger partial charge in [-0.15, -0.1) is 0 Å². The number of nitrogens with zero attached hydrogens (tertiary/aromatic N) is 1. The van der Waals surface area contributed by atoms with Gasteiger partial charge in [0.1, 0.15) is 0 Å². The van der Waals surface area contributed by atoms with Crippen LogP contribution in [0.15, 0.2) is 29.3 Å². The molecule has 3 aliphatic carbocycles. The quantitative estimate of drug-likeness (QED) is 0.158. The van der Waals surface area contributed by atoms with Crippen molar-refractivity contribution in [3.8, 4) is 0 Å². The molecule has 29 heavy (non-hydrogen) atoms. The largest absolute Gasteiger partial charge is 0.475 e. The van der Waals surface area contributed by atoms with Crippen molar-refractivity contribution in [2.75, 3.05) is 6.54 Å². The summed E-state index contributed by atoms with van der Waals surface area (Å²) in [4.78, 5) is 16.4. The lowest BCUT2D eigenvalue weighted by Crippen LogP contribution is -2.48. The molecule has 2 bridgehead atoms. The van der Waals surface area contributed by atoms with E-state index in [1.165, 1.54) is 5.56 Å². The number of aliphatic imine (C=N–C) groups is 1. The van der Waals surface area contributed by atoms with Crippen LogP contribution in [0.3, 0.4) is 0 Å². The van der Waals surface area contributed by atoms with Crippen molar-refractivity contribution in [3.05, 3.63) is 35.4 Å². The van der Waals surface area contributed by atoms with Gasteiger partial charge >= 0.3 is 7.12 Å². The zero-order chi connectivity index (χ0) is 21.1. The molecule has 3 aliphatic rings. The molecule has 1 aromatic rings. The minimum Gasteiger partial charge on any atom is -0.426 e. The van der Waals surface area contributed by atoms with Gasteiger partial charge < -0.3 is 31.9 Å². The summed E-state index contributed by atoms with van der Waals surface area (Å²) in [5.74, 6) is -1.17. The number of nitrogens with two attached hydrogens (primary N) is 2. The van der Waals surface area contributed by atoms with Crippen molar-refractivity contribution >= 4 is 19.0 Å². The smallest absolute Gasteiger partial charge is 0.426 e. The maximum Gasteiger partial charge on any atom is 0.475 e. The van der Waals surface area contributed by atoms with Crippen molar-refractivity contribution in [1.29, 1.82) is 0 Å². The van der Waals surface area contributed by atoms with Gasteiger partial charge in [0, 0.05) is 12.1 Å². The van der Waals surface area contributed by atoms with E-state index in [4.69, 9.17) is 11.5 Å². The molecule has 1 aromatic carbocycles. The summed E-state index contributed by atoms with van der Waals surface area (Å²) in [5, 5.41) is 32.2. The Kier molecular flexibility index (Phi) is 6.50. The first-order valence-electron chi connectivity index (χ1n) is 10.3. The van der Waals surface area contributed by atoms with Gasteiger partial charge in [-0.2, -0.15) is 0 Å². The zero-order valence-corrected chi connectivity index (χ0v) is 16.7. The molecular formula is C20H31BN4O4. The molecule has 0 saturated heterocycles. The first-order valence-corrected chi connectivity index (χ1v) is 10.3. The highest BCUT2D eigenvalue weighted by Gasteiger charge is 2.48. The summed E-state index contributed by atoms with van der Waals surface area (Å²) in [6.07, 6.45) is 6.29. The summed E-state index contributed by atoms with van der Waals surface area (Å²) < 4.78 is 0. The van der Waals surface area contributed by atoms with E-state index in [9.17, 15) is 19.9 Å².